The van der Waals surface area contributed by atoms with E-state index in [2.05, 4.69) is 10.8 Å². The van der Waals surface area contributed by atoms with Crippen molar-refractivity contribution >= 4 is 28.9 Å². The number of nitro benzene ring substituents is 1. The van der Waals surface area contributed by atoms with Gasteiger partial charge in [-0.15, -0.1) is 0 Å². The molecule has 0 unspecified atom stereocenters. The van der Waals surface area contributed by atoms with E-state index in [0.29, 0.717) is 29.2 Å². The molecular weight excluding hydrogens is 450 g/mol. The predicted octanol–water partition coefficient (Wildman–Crippen LogP) is 3.77. The molecule has 0 bridgehead atoms. The molecule has 0 saturated heterocycles. The van der Waals surface area contributed by atoms with Gasteiger partial charge in [0.2, 0.25) is 0 Å². The van der Waals surface area contributed by atoms with Crippen LogP contribution in [-0.4, -0.2) is 35.7 Å². The van der Waals surface area contributed by atoms with Crippen LogP contribution < -0.4 is 15.5 Å². The first-order chi connectivity index (χ1) is 15.7. The van der Waals surface area contributed by atoms with E-state index in [4.69, 9.17) is 21.2 Å². The number of halogens is 1. The fourth-order valence-corrected chi connectivity index (χ4v) is 3.47. The lowest BCUT2D eigenvalue weighted by molar-refractivity contribution is -0.384. The van der Waals surface area contributed by atoms with E-state index in [0.717, 1.165) is 0 Å². The van der Waals surface area contributed by atoms with Crippen LogP contribution in [0, 0.1) is 15.5 Å². The van der Waals surface area contributed by atoms with Crippen molar-refractivity contribution in [3.63, 3.8) is 0 Å². The number of hydrogen-bond acceptors (Lipinski definition) is 7. The number of carbonyl (C=O) groups is 1. The van der Waals surface area contributed by atoms with Crippen LogP contribution in [0.3, 0.4) is 0 Å². The molecule has 9 nitrogen and oxygen atoms in total. The average molecular weight is 476 g/mol. The summed E-state index contributed by atoms with van der Waals surface area (Å²) in [5.74, 6) is 0.111. The molecule has 0 fully saturated rings. The number of rotatable bonds is 9. The van der Waals surface area contributed by atoms with Gasteiger partial charge in [0.15, 0.2) is 0 Å². The number of nitro groups is 1. The minimum atomic E-state index is -0.942. The second-order valence-electron chi connectivity index (χ2n) is 8.29. The molecule has 0 aliphatic carbocycles. The molecule has 1 aliphatic heterocycles. The molecule has 3 rings (SSSR count). The third kappa shape index (κ3) is 5.44. The Balaban J connectivity index is 2.10. The SMILES string of the molecule is CCOc1ccccc1C1=C(C(=O)NCC(C)(C)CO)[C@@H](c2ccc(Cl)c([N+](=O)[O-])c2)ON1. The summed E-state index contributed by atoms with van der Waals surface area (Å²) in [4.78, 5) is 29.9. The van der Waals surface area contributed by atoms with Gasteiger partial charge in [-0.25, -0.2) is 0 Å². The van der Waals surface area contributed by atoms with E-state index in [9.17, 15) is 20.0 Å². The predicted molar refractivity (Wildman–Crippen MR) is 123 cm³/mol. The number of aliphatic hydroxyl groups excluding tert-OH is 1. The normalized spacial score (nSPS) is 15.8. The zero-order valence-corrected chi connectivity index (χ0v) is 19.3. The standard InChI is InChI=1S/C23H26ClN3O6/c1-4-32-18-8-6-5-7-15(18)20-19(22(29)25-12-23(2,3)13-28)21(33-26-20)14-9-10-16(24)17(11-14)27(30)31/h5-11,21,26,28H,4,12-13H2,1-3H3,(H,25,29)/t21-/m1/s1. The fraction of sp³-hybridized carbons (Fsp3) is 0.348. The van der Waals surface area contributed by atoms with Crippen LogP contribution in [0.4, 0.5) is 5.69 Å². The van der Waals surface area contributed by atoms with Gasteiger partial charge < -0.3 is 15.2 Å². The first-order valence-corrected chi connectivity index (χ1v) is 10.8. The third-order valence-electron chi connectivity index (χ3n) is 5.14. The summed E-state index contributed by atoms with van der Waals surface area (Å²) in [5, 5.41) is 23.7. The smallest absolute Gasteiger partial charge is 0.288 e. The Morgan fingerprint density at radius 3 is 2.73 bits per heavy atom. The van der Waals surface area contributed by atoms with E-state index >= 15 is 0 Å². The molecule has 0 radical (unpaired) electrons. The lowest BCUT2D eigenvalue weighted by atomic mass is 9.93. The number of ether oxygens (including phenoxy) is 1. The van der Waals surface area contributed by atoms with Crippen molar-refractivity contribution in [1.82, 2.24) is 10.8 Å². The van der Waals surface area contributed by atoms with Crippen LogP contribution in [0.15, 0.2) is 48.0 Å². The maximum atomic E-state index is 13.4. The molecule has 2 aromatic rings. The highest BCUT2D eigenvalue weighted by Crippen LogP contribution is 2.40. The number of nitrogens with one attached hydrogen (secondary N) is 2. The average Bonchev–Trinajstić information content (AvgIpc) is 3.23. The molecule has 1 heterocycles. The summed E-state index contributed by atoms with van der Waals surface area (Å²) in [6.07, 6.45) is -0.942. The van der Waals surface area contributed by atoms with E-state index in [1.807, 2.05) is 26.8 Å². The zero-order chi connectivity index (χ0) is 24.2. The van der Waals surface area contributed by atoms with E-state index in [1.165, 1.54) is 12.1 Å². The Morgan fingerprint density at radius 2 is 2.06 bits per heavy atom. The second kappa shape index (κ2) is 10.2. The van der Waals surface area contributed by atoms with Gasteiger partial charge in [-0.1, -0.05) is 43.6 Å². The molecule has 176 valence electrons. The van der Waals surface area contributed by atoms with Crippen molar-refractivity contribution in [2.45, 2.75) is 26.9 Å². The van der Waals surface area contributed by atoms with Gasteiger partial charge in [0.25, 0.3) is 11.6 Å². The molecule has 1 aliphatic rings. The Kier molecular flexibility index (Phi) is 7.57. The van der Waals surface area contributed by atoms with E-state index in [1.54, 1.807) is 24.3 Å². The number of aliphatic hydroxyl groups is 1. The molecule has 2 aromatic carbocycles. The third-order valence-corrected chi connectivity index (χ3v) is 5.46. The molecule has 0 spiro atoms. The molecule has 10 heteroatoms. The summed E-state index contributed by atoms with van der Waals surface area (Å²) >= 11 is 5.96. The van der Waals surface area contributed by atoms with Gasteiger partial charge in [0.1, 0.15) is 16.9 Å². The number of nitrogens with zero attached hydrogens (tertiary/aromatic N) is 1. The van der Waals surface area contributed by atoms with Crippen molar-refractivity contribution in [2.75, 3.05) is 19.8 Å². The number of hydroxylamine groups is 1. The highest BCUT2D eigenvalue weighted by Gasteiger charge is 2.36. The Bertz CT molecular complexity index is 1090. The van der Waals surface area contributed by atoms with Crippen molar-refractivity contribution in [3.05, 3.63) is 74.3 Å². The summed E-state index contributed by atoms with van der Waals surface area (Å²) < 4.78 is 5.72. The monoisotopic (exact) mass is 475 g/mol. The first kappa shape index (κ1) is 24.5. The molecular formula is C23H26ClN3O6. The van der Waals surface area contributed by atoms with Crippen LogP contribution in [0.5, 0.6) is 5.75 Å². The zero-order valence-electron chi connectivity index (χ0n) is 18.6. The number of amides is 1. The molecule has 1 atom stereocenters. The Labute approximate surface area is 196 Å². The number of carbonyl (C=O) groups excluding carboxylic acids is 1. The largest absolute Gasteiger partial charge is 0.493 e. The minimum Gasteiger partial charge on any atom is -0.493 e. The van der Waals surface area contributed by atoms with Crippen molar-refractivity contribution < 1.29 is 24.4 Å². The maximum Gasteiger partial charge on any atom is 0.288 e. The quantitative estimate of drug-likeness (QED) is 0.372. The topological polar surface area (TPSA) is 123 Å². The first-order valence-electron chi connectivity index (χ1n) is 10.4. The highest BCUT2D eigenvalue weighted by atomic mass is 35.5. The summed E-state index contributed by atoms with van der Waals surface area (Å²) in [6.45, 7) is 5.99. The van der Waals surface area contributed by atoms with Gasteiger partial charge in [-0.05, 0) is 30.7 Å². The van der Waals surface area contributed by atoms with E-state index in [-0.39, 0.29) is 29.4 Å². The highest BCUT2D eigenvalue weighted by molar-refractivity contribution is 6.32. The lowest BCUT2D eigenvalue weighted by Gasteiger charge is -2.23. The van der Waals surface area contributed by atoms with Crippen molar-refractivity contribution in [2.24, 2.45) is 5.41 Å². The van der Waals surface area contributed by atoms with Crippen LogP contribution in [0.25, 0.3) is 5.70 Å². The van der Waals surface area contributed by atoms with Gasteiger partial charge in [-0.3, -0.25) is 25.2 Å². The van der Waals surface area contributed by atoms with Gasteiger partial charge in [-0.2, -0.15) is 0 Å². The summed E-state index contributed by atoms with van der Waals surface area (Å²) in [5.41, 5.74) is 3.59. The summed E-state index contributed by atoms with van der Waals surface area (Å²) in [6, 6.07) is 11.4. The summed E-state index contributed by atoms with van der Waals surface area (Å²) in [7, 11) is 0. The number of para-hydroxylation sites is 1. The molecule has 0 saturated carbocycles. The van der Waals surface area contributed by atoms with Crippen LogP contribution in [-0.2, 0) is 9.63 Å². The second-order valence-corrected chi connectivity index (χ2v) is 8.70. The van der Waals surface area contributed by atoms with Crippen LogP contribution in [0.2, 0.25) is 5.02 Å². The molecule has 0 aromatic heterocycles. The van der Waals surface area contributed by atoms with Gasteiger partial charge in [0, 0.05) is 30.2 Å². The van der Waals surface area contributed by atoms with Crippen LogP contribution in [0.1, 0.15) is 38.0 Å². The number of benzene rings is 2. The number of hydrogen-bond donors (Lipinski definition) is 3. The Morgan fingerprint density at radius 1 is 1.33 bits per heavy atom. The molecule has 33 heavy (non-hydrogen) atoms. The molecule has 3 N–H and O–H groups in total. The van der Waals surface area contributed by atoms with Crippen LogP contribution >= 0.6 is 11.6 Å². The lowest BCUT2D eigenvalue weighted by Crippen LogP contribution is -2.37. The molecule has 1 amide bonds. The maximum absolute atomic E-state index is 13.4. The van der Waals surface area contributed by atoms with Gasteiger partial charge in [0.05, 0.1) is 22.8 Å². The Hall–Kier alpha value is -3.14. The van der Waals surface area contributed by atoms with Gasteiger partial charge >= 0.3 is 0 Å². The van der Waals surface area contributed by atoms with E-state index < -0.39 is 22.3 Å². The van der Waals surface area contributed by atoms with Crippen molar-refractivity contribution in [1.29, 1.82) is 0 Å². The fourth-order valence-electron chi connectivity index (χ4n) is 3.29. The minimum absolute atomic E-state index is 0.0173. The van der Waals surface area contributed by atoms with Crippen molar-refractivity contribution in [3.8, 4) is 5.75 Å².